The zero-order valence-electron chi connectivity index (χ0n) is 84.0. The summed E-state index contributed by atoms with van der Waals surface area (Å²) in [6, 6.07) is 32.4. The van der Waals surface area contributed by atoms with Gasteiger partial charge in [-0.15, -0.1) is 0 Å². The molecule has 9 rings (SSSR count). The van der Waals surface area contributed by atoms with Gasteiger partial charge in [-0.1, -0.05) is 36.4 Å². The molecule has 4 amide bonds. The molecule has 0 aliphatic heterocycles. The summed E-state index contributed by atoms with van der Waals surface area (Å²) in [4.78, 5) is 71.7. The summed E-state index contributed by atoms with van der Waals surface area (Å²) >= 11 is 0. The van der Waals surface area contributed by atoms with Gasteiger partial charge in [-0.3, -0.25) is 34.1 Å². The smallest absolute Gasteiger partial charge is 0.255 e. The fourth-order valence-electron chi connectivity index (χ4n) is 14.6. The molecule has 0 aliphatic carbocycles. The molecule has 7 N–H and O–H groups in total. The van der Waals surface area contributed by atoms with Crippen molar-refractivity contribution in [1.82, 2.24) is 36.2 Å². The largest absolute Gasteiger partial charge is 0.505 e. The van der Waals surface area contributed by atoms with E-state index < -0.39 is 29.0 Å². The fraction of sp³-hybridized carbons (Fsp3) is 0.529. The van der Waals surface area contributed by atoms with Crippen LogP contribution in [0.25, 0.3) is 32.7 Å². The Morgan fingerprint density at radius 3 is 0.793 bits per heavy atom. The van der Waals surface area contributed by atoms with Gasteiger partial charge < -0.3 is 160 Å². The first-order valence-electron chi connectivity index (χ1n) is 48.4. The molecule has 0 spiro atoms. The molecule has 9 aromatic rings. The van der Waals surface area contributed by atoms with Crippen LogP contribution in [0.4, 0.5) is 0 Å². The molecule has 3 heterocycles. The van der Waals surface area contributed by atoms with E-state index >= 15 is 4.79 Å². The Labute approximate surface area is 860 Å². The van der Waals surface area contributed by atoms with Gasteiger partial charge in [0.1, 0.15) is 80.9 Å². The van der Waals surface area contributed by atoms with Gasteiger partial charge in [0.25, 0.3) is 17.7 Å². The molecule has 41 heteroatoms. The molecule has 6 aromatic carbocycles. The van der Waals surface area contributed by atoms with Gasteiger partial charge in [-0.2, -0.15) is 0 Å². The normalized spacial score (nSPS) is 11.4. The first-order chi connectivity index (χ1) is 70.7. The first-order valence-corrected chi connectivity index (χ1v) is 48.4. The van der Waals surface area contributed by atoms with Crippen LogP contribution in [0.3, 0.4) is 0 Å². The van der Waals surface area contributed by atoms with Gasteiger partial charge in [0, 0.05) is 135 Å². The maximum Gasteiger partial charge on any atom is 0.255 e. The van der Waals surface area contributed by atoms with Crippen LogP contribution in [0, 0.1) is 5.41 Å². The maximum absolute atomic E-state index is 16.3. The summed E-state index contributed by atoms with van der Waals surface area (Å²) in [5, 5.41) is 48.2. The minimum atomic E-state index is -1.36. The second-order valence-corrected chi connectivity index (χ2v) is 32.3. The number of fused-ring (bicyclic) bond motifs is 3. The molecule has 145 heavy (non-hydrogen) atoms. The van der Waals surface area contributed by atoms with Crippen molar-refractivity contribution < 1.29 is 178 Å². The standard InChI is InChI=1S/C104H143N7O33.Tc/c1-119-31-37-125-43-49-131-55-61-137-88-69-78(70-89(138-62-56-132-50-44-126-38-32-120-2)98(88)141-65-59-135-53-47-129-41-35-123-5)75-143-83-67-77(68-84(73-83)144-76-79-71-90(139-63-57-133-51-45-127-39-33-121-3)99(142-66-60-136-54-48-130-42-36-124-6)91(72-79)140-64-58-134-52-46-128-40-34-122-4)74-111-103(118)104(22-10-28-108-100(115)85-19-16-80-13-7-25-105-92(80)95(85)112,23-11-29-109-101(116)86-20-17-81-14-8-26-106-93(81)96(86)113)24-12-30-110-102(117)87-21-18-82-15-9-27-107-94(82)97(87)114;/h7-9,13-21,25-27,67-73,112-114H,10-12,22-24,28-66,74-76H2,1-6H3,(H,108,115)(H,109,116)(H,110,117)(H,111,118);. The molecule has 1 radical (unpaired) electrons. The molecular formula is C104H143N7O33Tc. The Hall–Kier alpha value is -10.8. The molecule has 40 nitrogen and oxygen atoms in total. The third-order valence-corrected chi connectivity index (χ3v) is 21.9. The second-order valence-electron chi connectivity index (χ2n) is 32.3. The number of nitrogens with zero attached hydrogens (tertiary/aromatic N) is 3. The third-order valence-electron chi connectivity index (χ3n) is 21.9. The van der Waals surface area contributed by atoms with Gasteiger partial charge in [-0.05, 0) is 128 Å². The summed E-state index contributed by atoms with van der Waals surface area (Å²) in [7, 11) is 9.59. The van der Waals surface area contributed by atoms with Crippen LogP contribution < -0.4 is 59.2 Å². The number of amides is 4. The molecule has 0 atom stereocenters. The van der Waals surface area contributed by atoms with Crippen LogP contribution in [-0.4, -0.2) is 354 Å². The molecule has 0 fully saturated rings. The van der Waals surface area contributed by atoms with Crippen molar-refractivity contribution in [2.24, 2.45) is 5.41 Å². The number of hydrogen-bond donors (Lipinski definition) is 7. The van der Waals surface area contributed by atoms with E-state index in [-0.39, 0.29) is 313 Å². The van der Waals surface area contributed by atoms with E-state index in [4.69, 9.17) is 123 Å². The minimum Gasteiger partial charge on any atom is -0.505 e. The number of aromatic hydroxyl groups is 3. The van der Waals surface area contributed by atoms with E-state index in [1.54, 1.807) is 140 Å². The van der Waals surface area contributed by atoms with E-state index in [2.05, 4.69) is 36.2 Å². The Kier molecular flexibility index (Phi) is 59.7. The number of benzene rings is 6. The number of ether oxygens (including phenoxy) is 26. The molecule has 3 aromatic heterocycles. The molecule has 0 saturated carbocycles. The van der Waals surface area contributed by atoms with Gasteiger partial charge >= 0.3 is 0 Å². The van der Waals surface area contributed by atoms with Crippen molar-refractivity contribution in [3.63, 3.8) is 0 Å². The molecule has 0 unspecified atom stereocenters. The second kappa shape index (κ2) is 72.5. The average Bonchev–Trinajstić information content (AvgIpc) is 0.770. The fourth-order valence-corrected chi connectivity index (χ4v) is 14.6. The third kappa shape index (κ3) is 44.0. The van der Waals surface area contributed by atoms with Crippen LogP contribution in [-0.2, 0) is 130 Å². The van der Waals surface area contributed by atoms with Gasteiger partial charge in [0.05, 0.1) is 215 Å². The monoisotopic (exact) mass is 2110 g/mol. The first kappa shape index (κ1) is 119. The predicted octanol–water partition coefficient (Wildman–Crippen LogP) is 10.2. The van der Waals surface area contributed by atoms with E-state index in [0.717, 1.165) is 0 Å². The van der Waals surface area contributed by atoms with Crippen molar-refractivity contribution in [3.05, 3.63) is 167 Å². The van der Waals surface area contributed by atoms with E-state index in [1.165, 1.54) is 36.8 Å². The summed E-state index contributed by atoms with van der Waals surface area (Å²) in [5.41, 5.74) is 0.904. The van der Waals surface area contributed by atoms with Crippen LogP contribution in [0.1, 0.15) is 86.3 Å². The Morgan fingerprint density at radius 2 is 0.531 bits per heavy atom. The number of rotatable bonds is 84. The van der Waals surface area contributed by atoms with Crippen LogP contribution in [0.15, 0.2) is 134 Å². The number of carbonyl (C=O) groups is 4. The van der Waals surface area contributed by atoms with Gasteiger partial charge in [-0.25, -0.2) is 0 Å². The summed E-state index contributed by atoms with van der Waals surface area (Å²) in [6.45, 7) is 9.67. The minimum absolute atomic E-state index is 0. The SMILES string of the molecule is COCCOCCOCCOc1cc(COc2cc(CNC(=O)C(CCCNC(=O)c3ccc4cccnc4c3O)(CCCNC(=O)c3ccc4cccnc4c3O)CCCNC(=O)c3ccc4cccnc4c3O)cc(OCc3cc(OCCOCCOCCOC)c(OCCOCCOCCOC)c(OCCOCCOCCOC)c3)c2)cc(OCCOCCOCCOC)c1OCCOCCOCCOC.[Tc]. The van der Waals surface area contributed by atoms with E-state index in [9.17, 15) is 29.7 Å². The average molecular weight is 2120 g/mol. The number of aromatic nitrogens is 3. The summed E-state index contributed by atoms with van der Waals surface area (Å²) in [6.07, 6.45) is 5.46. The number of nitrogens with one attached hydrogen (secondary N) is 4. The van der Waals surface area contributed by atoms with E-state index in [1.807, 2.05) is 0 Å². The van der Waals surface area contributed by atoms with Crippen molar-refractivity contribution >= 4 is 56.3 Å². The van der Waals surface area contributed by atoms with Crippen molar-refractivity contribution in [3.8, 4) is 63.2 Å². The number of pyridine rings is 3. The number of hydrogen-bond acceptors (Lipinski definition) is 36. The predicted molar refractivity (Wildman–Crippen MR) is 531 cm³/mol. The molecule has 0 aliphatic rings. The van der Waals surface area contributed by atoms with E-state index in [0.29, 0.717) is 152 Å². The number of phenolic OH excluding ortho intramolecular Hbond substituents is 3. The van der Waals surface area contributed by atoms with Crippen molar-refractivity contribution in [2.75, 3.05) is 300 Å². The molecule has 799 valence electrons. The van der Waals surface area contributed by atoms with Gasteiger partial charge in [0.15, 0.2) is 40.2 Å². The Morgan fingerprint density at radius 1 is 0.283 bits per heavy atom. The van der Waals surface area contributed by atoms with Crippen LogP contribution in [0.2, 0.25) is 0 Å². The number of carbonyl (C=O) groups excluding carboxylic acids is 4. The van der Waals surface area contributed by atoms with Gasteiger partial charge in [0.2, 0.25) is 17.4 Å². The summed E-state index contributed by atoms with van der Waals surface area (Å²) in [5.74, 6) is -0.934. The number of methoxy groups -OCH3 is 6. The number of phenols is 3. The van der Waals surface area contributed by atoms with Crippen molar-refractivity contribution in [1.29, 1.82) is 0 Å². The topological polar surface area (TPSA) is 456 Å². The zero-order chi connectivity index (χ0) is 102. The molecular weight excluding hydrogens is 1970 g/mol. The summed E-state index contributed by atoms with van der Waals surface area (Å²) < 4.78 is 153. The van der Waals surface area contributed by atoms with Crippen LogP contribution in [0.5, 0.6) is 63.2 Å². The Bertz CT molecular complexity index is 4690. The van der Waals surface area contributed by atoms with Crippen LogP contribution >= 0.6 is 0 Å². The zero-order valence-corrected chi connectivity index (χ0v) is 85.8. The molecule has 0 bridgehead atoms. The quantitative estimate of drug-likeness (QED) is 0.0174. The maximum atomic E-state index is 16.3. The Balaban J connectivity index is 0.0000257. The van der Waals surface area contributed by atoms with Crippen molar-refractivity contribution in [2.45, 2.75) is 58.3 Å². The molecule has 0 saturated heterocycles.